The van der Waals surface area contributed by atoms with Crippen LogP contribution in [0.15, 0.2) is 66.7 Å². The molecule has 4 rings (SSSR count). The zero-order chi connectivity index (χ0) is 20.4. The second-order valence-electron chi connectivity index (χ2n) is 6.87. The number of methoxy groups -OCH3 is 1. The molecule has 148 valence electrons. The maximum Gasteiger partial charge on any atom is 0.229 e. The van der Waals surface area contributed by atoms with Crippen molar-refractivity contribution in [2.24, 2.45) is 0 Å². The van der Waals surface area contributed by atoms with Gasteiger partial charge in [0.15, 0.2) is 0 Å². The summed E-state index contributed by atoms with van der Waals surface area (Å²) in [7, 11) is -1.71. The van der Waals surface area contributed by atoms with E-state index < -0.39 is 10.0 Å². The van der Waals surface area contributed by atoms with Gasteiger partial charge in [-0.3, -0.25) is 4.72 Å². The van der Waals surface area contributed by atoms with Crippen molar-refractivity contribution in [2.45, 2.75) is 6.61 Å². The summed E-state index contributed by atoms with van der Waals surface area (Å²) in [5, 5.41) is 0. The van der Waals surface area contributed by atoms with Gasteiger partial charge in [0.05, 0.1) is 13.4 Å². The van der Waals surface area contributed by atoms with Gasteiger partial charge < -0.3 is 9.47 Å². The van der Waals surface area contributed by atoms with Crippen LogP contribution in [-0.2, 0) is 16.6 Å². The van der Waals surface area contributed by atoms with E-state index in [4.69, 9.17) is 9.47 Å². The van der Waals surface area contributed by atoms with Gasteiger partial charge in [0, 0.05) is 17.3 Å². The molecule has 0 bridgehead atoms. The van der Waals surface area contributed by atoms with E-state index in [1.54, 1.807) is 13.2 Å². The lowest BCUT2D eigenvalue weighted by Gasteiger charge is -2.12. The Morgan fingerprint density at radius 1 is 1.00 bits per heavy atom. The fourth-order valence-corrected chi connectivity index (χ4v) is 3.96. The fraction of sp³-hybridized carbons (Fsp3) is 0.130. The van der Waals surface area contributed by atoms with E-state index in [0.29, 0.717) is 12.3 Å². The molecule has 1 N–H and O–H groups in total. The van der Waals surface area contributed by atoms with Crippen molar-refractivity contribution in [3.05, 3.63) is 89.0 Å². The van der Waals surface area contributed by atoms with Crippen LogP contribution in [0.25, 0.3) is 11.6 Å². The van der Waals surface area contributed by atoms with Crippen LogP contribution in [0.4, 0.5) is 5.69 Å². The van der Waals surface area contributed by atoms with Crippen molar-refractivity contribution in [3.8, 4) is 11.5 Å². The third kappa shape index (κ3) is 4.27. The second-order valence-corrected chi connectivity index (χ2v) is 8.61. The Morgan fingerprint density at radius 3 is 2.62 bits per heavy atom. The number of benzene rings is 3. The summed E-state index contributed by atoms with van der Waals surface area (Å²) in [6, 6.07) is 21.2. The summed E-state index contributed by atoms with van der Waals surface area (Å²) in [5.74, 6) is 1.48. The zero-order valence-corrected chi connectivity index (χ0v) is 17.0. The molecule has 0 atom stereocenters. The van der Waals surface area contributed by atoms with Crippen molar-refractivity contribution in [2.75, 3.05) is 18.1 Å². The Morgan fingerprint density at radius 2 is 1.83 bits per heavy atom. The molecular formula is C23H21NO4S. The van der Waals surface area contributed by atoms with Crippen molar-refractivity contribution < 1.29 is 17.9 Å². The summed E-state index contributed by atoms with van der Waals surface area (Å²) in [6.45, 7) is 0.462. The van der Waals surface area contributed by atoms with Gasteiger partial charge in [0.25, 0.3) is 0 Å². The summed E-state index contributed by atoms with van der Waals surface area (Å²) >= 11 is 0. The van der Waals surface area contributed by atoms with Gasteiger partial charge >= 0.3 is 0 Å². The van der Waals surface area contributed by atoms with Crippen molar-refractivity contribution in [1.82, 2.24) is 0 Å². The smallest absolute Gasteiger partial charge is 0.229 e. The van der Waals surface area contributed by atoms with Crippen LogP contribution >= 0.6 is 0 Å². The molecule has 0 saturated heterocycles. The average molecular weight is 407 g/mol. The van der Waals surface area contributed by atoms with Crippen LogP contribution in [0.1, 0.15) is 22.3 Å². The number of hydrogen-bond donors (Lipinski definition) is 1. The largest absolute Gasteiger partial charge is 0.497 e. The standard InChI is InChI=1S/C23H21NO4S/c1-27-19-10-11-21-22(13-16-6-5-8-18(12-16)24-29(2,25)26)20-9-4-3-7-17(20)15-28-23(21)14-19/h3-14,24H,15H2,1-2H3/b22-13+. The molecule has 3 aromatic rings. The van der Waals surface area contributed by atoms with E-state index in [9.17, 15) is 8.42 Å². The first-order chi connectivity index (χ1) is 13.9. The SMILES string of the molecule is COc1ccc2c(c1)OCc1ccccc1/C2=C\c1cccc(NS(C)(=O)=O)c1. The Bertz CT molecular complexity index is 1200. The highest BCUT2D eigenvalue weighted by atomic mass is 32.2. The van der Waals surface area contributed by atoms with Gasteiger partial charge in [-0.2, -0.15) is 0 Å². The van der Waals surface area contributed by atoms with Crippen LogP contribution in [0.2, 0.25) is 0 Å². The predicted molar refractivity (Wildman–Crippen MR) is 116 cm³/mol. The van der Waals surface area contributed by atoms with Crippen molar-refractivity contribution in [1.29, 1.82) is 0 Å². The minimum atomic E-state index is -3.34. The molecule has 1 aliphatic rings. The first-order valence-corrected chi connectivity index (χ1v) is 11.0. The molecule has 6 heteroatoms. The normalized spacial score (nSPS) is 14.3. The molecule has 0 unspecified atom stereocenters. The van der Waals surface area contributed by atoms with E-state index in [-0.39, 0.29) is 0 Å². The van der Waals surface area contributed by atoms with E-state index >= 15 is 0 Å². The molecule has 29 heavy (non-hydrogen) atoms. The maximum absolute atomic E-state index is 11.6. The Hall–Kier alpha value is -3.25. The molecule has 3 aromatic carbocycles. The molecule has 0 saturated carbocycles. The molecule has 0 radical (unpaired) electrons. The predicted octanol–water partition coefficient (Wildman–Crippen LogP) is 4.55. The number of sulfonamides is 1. The van der Waals surface area contributed by atoms with Crippen LogP contribution in [-0.4, -0.2) is 21.8 Å². The van der Waals surface area contributed by atoms with Crippen LogP contribution < -0.4 is 14.2 Å². The van der Waals surface area contributed by atoms with Crippen molar-refractivity contribution >= 4 is 27.4 Å². The fourth-order valence-electron chi connectivity index (χ4n) is 3.41. The maximum atomic E-state index is 11.6. The van der Waals surface area contributed by atoms with Gasteiger partial charge in [0.1, 0.15) is 18.1 Å². The van der Waals surface area contributed by atoms with Gasteiger partial charge in [-0.05, 0) is 52.6 Å². The molecule has 0 aromatic heterocycles. The Labute approximate surface area is 170 Å². The van der Waals surface area contributed by atoms with Gasteiger partial charge in [-0.15, -0.1) is 0 Å². The summed E-state index contributed by atoms with van der Waals surface area (Å²) in [4.78, 5) is 0. The van der Waals surface area contributed by atoms with Crippen LogP contribution in [0.3, 0.4) is 0 Å². The number of nitrogens with one attached hydrogen (secondary N) is 1. The lowest BCUT2D eigenvalue weighted by Crippen LogP contribution is -2.09. The van der Waals surface area contributed by atoms with Crippen LogP contribution in [0, 0.1) is 0 Å². The number of rotatable bonds is 4. The van der Waals surface area contributed by atoms with Crippen LogP contribution in [0.5, 0.6) is 11.5 Å². The minimum Gasteiger partial charge on any atom is -0.497 e. The highest BCUT2D eigenvalue weighted by Crippen LogP contribution is 2.39. The van der Waals surface area contributed by atoms with Crippen molar-refractivity contribution in [3.63, 3.8) is 0 Å². The minimum absolute atomic E-state index is 0.462. The quantitative estimate of drug-likeness (QED) is 0.689. The molecule has 0 amide bonds. The molecule has 1 aliphatic heterocycles. The van der Waals surface area contributed by atoms with E-state index in [1.807, 2.05) is 60.7 Å². The summed E-state index contributed by atoms with van der Waals surface area (Å²) in [5.41, 5.74) is 5.53. The monoisotopic (exact) mass is 407 g/mol. The third-order valence-electron chi connectivity index (χ3n) is 4.67. The summed E-state index contributed by atoms with van der Waals surface area (Å²) in [6.07, 6.45) is 3.19. The van der Waals surface area contributed by atoms with Gasteiger partial charge in [0.2, 0.25) is 10.0 Å². The number of fused-ring (bicyclic) bond motifs is 2. The first-order valence-electron chi connectivity index (χ1n) is 9.12. The van der Waals surface area contributed by atoms with Gasteiger partial charge in [-0.25, -0.2) is 8.42 Å². The average Bonchev–Trinajstić information content (AvgIpc) is 2.84. The summed E-state index contributed by atoms with van der Waals surface area (Å²) < 4.78 is 37.1. The molecule has 0 spiro atoms. The topological polar surface area (TPSA) is 64.6 Å². The Balaban J connectivity index is 1.87. The second kappa shape index (κ2) is 7.64. The highest BCUT2D eigenvalue weighted by Gasteiger charge is 2.19. The number of anilines is 1. The van der Waals surface area contributed by atoms with E-state index in [0.717, 1.165) is 45.6 Å². The zero-order valence-electron chi connectivity index (χ0n) is 16.2. The molecule has 5 nitrogen and oxygen atoms in total. The lowest BCUT2D eigenvalue weighted by molar-refractivity contribution is 0.304. The molecule has 0 fully saturated rings. The van der Waals surface area contributed by atoms with E-state index in [1.165, 1.54) is 0 Å². The Kier molecular flexibility index (Phi) is 5.03. The highest BCUT2D eigenvalue weighted by molar-refractivity contribution is 7.92. The number of ether oxygens (including phenoxy) is 2. The molecular weight excluding hydrogens is 386 g/mol. The van der Waals surface area contributed by atoms with Gasteiger partial charge in [-0.1, -0.05) is 36.4 Å². The first kappa shape index (κ1) is 19.1. The molecule has 0 aliphatic carbocycles. The molecule has 1 heterocycles. The lowest BCUT2D eigenvalue weighted by atomic mass is 9.92. The number of hydrogen-bond acceptors (Lipinski definition) is 4. The third-order valence-corrected chi connectivity index (χ3v) is 5.28. The van der Waals surface area contributed by atoms with E-state index in [2.05, 4.69) is 10.8 Å².